The molecule has 3 N–H and O–H groups in total. The average molecular weight is 276 g/mol. The van der Waals surface area contributed by atoms with E-state index in [1.54, 1.807) is 6.08 Å². The molecule has 7 heteroatoms. The van der Waals surface area contributed by atoms with Gasteiger partial charge in [-0.25, -0.2) is 4.39 Å². The van der Waals surface area contributed by atoms with Crippen LogP contribution >= 0.6 is 0 Å². The summed E-state index contributed by atoms with van der Waals surface area (Å²) >= 11 is 0. The number of rotatable bonds is 6. The third-order valence-electron chi connectivity index (χ3n) is 2.60. The molecular formula is C13H13FN4O2. The Balaban J connectivity index is 2.42. The molecule has 20 heavy (non-hydrogen) atoms. The number of aromatic amines is 1. The number of benzene rings is 1. The molecule has 0 fully saturated rings. The summed E-state index contributed by atoms with van der Waals surface area (Å²) in [5.41, 5.74) is 6.58. The summed E-state index contributed by atoms with van der Waals surface area (Å²) in [6.07, 6.45) is 1.59. The van der Waals surface area contributed by atoms with Gasteiger partial charge in [0, 0.05) is 5.56 Å². The van der Waals surface area contributed by atoms with Gasteiger partial charge in [-0.3, -0.25) is 4.79 Å². The number of hydrogen-bond donors (Lipinski definition) is 2. The van der Waals surface area contributed by atoms with Crippen molar-refractivity contribution in [3.63, 3.8) is 0 Å². The van der Waals surface area contributed by atoms with Gasteiger partial charge < -0.3 is 10.5 Å². The number of carbonyl (C=O) groups excluding carboxylic acids is 1. The van der Waals surface area contributed by atoms with Crippen LogP contribution in [-0.4, -0.2) is 27.9 Å². The summed E-state index contributed by atoms with van der Waals surface area (Å²) in [7, 11) is 0. The van der Waals surface area contributed by atoms with Crippen LogP contribution in [0.25, 0.3) is 11.3 Å². The summed E-state index contributed by atoms with van der Waals surface area (Å²) in [5, 5.41) is 9.92. The first-order chi connectivity index (χ1) is 9.63. The maximum atomic E-state index is 13.3. The van der Waals surface area contributed by atoms with Crippen molar-refractivity contribution in [1.29, 1.82) is 0 Å². The number of halogens is 1. The van der Waals surface area contributed by atoms with Crippen LogP contribution in [0.4, 0.5) is 4.39 Å². The van der Waals surface area contributed by atoms with Gasteiger partial charge in [-0.2, -0.15) is 15.4 Å². The molecule has 0 saturated carbocycles. The number of nitrogens with two attached hydrogens (primary N) is 1. The highest BCUT2D eigenvalue weighted by Crippen LogP contribution is 2.25. The van der Waals surface area contributed by atoms with Gasteiger partial charge in [0.25, 0.3) is 5.91 Å². The van der Waals surface area contributed by atoms with E-state index in [-0.39, 0.29) is 18.0 Å². The van der Waals surface area contributed by atoms with Crippen LogP contribution in [0.2, 0.25) is 0 Å². The monoisotopic (exact) mass is 276 g/mol. The number of primary amides is 1. The van der Waals surface area contributed by atoms with Gasteiger partial charge in [-0.05, 0) is 23.8 Å². The van der Waals surface area contributed by atoms with E-state index in [1.165, 1.54) is 18.2 Å². The van der Waals surface area contributed by atoms with Crippen molar-refractivity contribution in [3.05, 3.63) is 47.9 Å². The molecule has 0 bridgehead atoms. The number of aromatic nitrogens is 3. The lowest BCUT2D eigenvalue weighted by Gasteiger charge is -2.08. The highest BCUT2D eigenvalue weighted by atomic mass is 19.1. The van der Waals surface area contributed by atoms with Crippen LogP contribution in [-0.2, 0) is 11.3 Å². The molecule has 1 amide bonds. The summed E-state index contributed by atoms with van der Waals surface area (Å²) in [5.74, 6) is -1.12. The predicted molar refractivity (Wildman–Crippen MR) is 70.1 cm³/mol. The molecule has 2 rings (SSSR count). The maximum Gasteiger partial charge on any atom is 0.271 e. The van der Waals surface area contributed by atoms with Crippen molar-refractivity contribution in [2.75, 3.05) is 6.61 Å². The third kappa shape index (κ3) is 2.89. The Hall–Kier alpha value is -2.54. The molecule has 0 aliphatic heterocycles. The molecule has 6 nitrogen and oxygen atoms in total. The average Bonchev–Trinajstić information content (AvgIpc) is 2.88. The topological polar surface area (TPSA) is 93.9 Å². The number of nitrogens with one attached hydrogen (secondary N) is 1. The second-order valence-electron chi connectivity index (χ2n) is 3.99. The highest BCUT2D eigenvalue weighted by molar-refractivity contribution is 5.97. The Kier molecular flexibility index (Phi) is 4.21. The number of ether oxygens (including phenoxy) is 1. The van der Waals surface area contributed by atoms with Gasteiger partial charge in [0.15, 0.2) is 5.69 Å². The van der Waals surface area contributed by atoms with Crippen LogP contribution < -0.4 is 5.73 Å². The van der Waals surface area contributed by atoms with Gasteiger partial charge >= 0.3 is 0 Å². The standard InChI is InChI=1S/C13H13FN4O2/c1-2-5-20-7-8-6-9(14)3-4-10(8)11-12(13(15)19)17-18-16-11/h2-4,6H,1,5,7H2,(H2,15,19)(H,16,17,18). The molecule has 0 atom stereocenters. The number of amides is 1. The fraction of sp³-hybridized carbons (Fsp3) is 0.154. The lowest BCUT2D eigenvalue weighted by atomic mass is 10.0. The lowest BCUT2D eigenvalue weighted by Crippen LogP contribution is -2.13. The molecule has 0 aliphatic carbocycles. The van der Waals surface area contributed by atoms with Gasteiger partial charge in [-0.15, -0.1) is 6.58 Å². The van der Waals surface area contributed by atoms with Crippen molar-refractivity contribution >= 4 is 5.91 Å². The number of carbonyl (C=O) groups is 1. The molecular weight excluding hydrogens is 263 g/mol. The van der Waals surface area contributed by atoms with Crippen molar-refractivity contribution in [3.8, 4) is 11.3 Å². The minimum absolute atomic E-state index is 0.00146. The largest absolute Gasteiger partial charge is 0.373 e. The molecule has 104 valence electrons. The van der Waals surface area contributed by atoms with Crippen LogP contribution in [0.5, 0.6) is 0 Å². The molecule has 0 spiro atoms. The van der Waals surface area contributed by atoms with Gasteiger partial charge in [0.2, 0.25) is 0 Å². The summed E-state index contributed by atoms with van der Waals surface area (Å²) in [6, 6.07) is 4.09. The molecule has 2 aromatic rings. The van der Waals surface area contributed by atoms with Crippen molar-refractivity contribution < 1.29 is 13.9 Å². The van der Waals surface area contributed by atoms with E-state index in [2.05, 4.69) is 22.0 Å². The summed E-state index contributed by atoms with van der Waals surface area (Å²) in [6.45, 7) is 4.02. The Morgan fingerprint density at radius 1 is 1.50 bits per heavy atom. The second-order valence-corrected chi connectivity index (χ2v) is 3.99. The van der Waals surface area contributed by atoms with Crippen molar-refractivity contribution in [2.24, 2.45) is 5.73 Å². The Morgan fingerprint density at radius 3 is 3.00 bits per heavy atom. The Labute approximate surface area is 114 Å². The van der Waals surface area contributed by atoms with Gasteiger partial charge in [0.05, 0.1) is 13.2 Å². The van der Waals surface area contributed by atoms with Crippen LogP contribution in [0.3, 0.4) is 0 Å². The van der Waals surface area contributed by atoms with E-state index < -0.39 is 11.7 Å². The highest BCUT2D eigenvalue weighted by Gasteiger charge is 2.18. The SMILES string of the molecule is C=CCOCc1cc(F)ccc1-c1n[nH]nc1C(N)=O. The number of H-pyrrole nitrogens is 1. The van der Waals surface area contributed by atoms with Crippen molar-refractivity contribution in [1.82, 2.24) is 15.4 Å². The lowest BCUT2D eigenvalue weighted by molar-refractivity contribution is 0.0996. The minimum atomic E-state index is -0.712. The zero-order valence-electron chi connectivity index (χ0n) is 10.6. The van der Waals surface area contributed by atoms with Crippen LogP contribution in [0.1, 0.15) is 16.1 Å². The Morgan fingerprint density at radius 2 is 2.30 bits per heavy atom. The molecule has 0 aliphatic rings. The minimum Gasteiger partial charge on any atom is -0.373 e. The molecule has 0 radical (unpaired) electrons. The Bertz CT molecular complexity index is 639. The van der Waals surface area contributed by atoms with Gasteiger partial charge in [-0.1, -0.05) is 6.08 Å². The van der Waals surface area contributed by atoms with E-state index in [0.29, 0.717) is 17.7 Å². The van der Waals surface area contributed by atoms with E-state index >= 15 is 0 Å². The third-order valence-corrected chi connectivity index (χ3v) is 2.60. The molecule has 1 aromatic carbocycles. The fourth-order valence-electron chi connectivity index (χ4n) is 1.76. The van der Waals surface area contributed by atoms with Crippen molar-refractivity contribution in [2.45, 2.75) is 6.61 Å². The first kappa shape index (κ1) is 13.9. The first-order valence-electron chi connectivity index (χ1n) is 5.81. The molecule has 0 unspecified atom stereocenters. The molecule has 1 aromatic heterocycles. The summed E-state index contributed by atoms with van der Waals surface area (Å²) in [4.78, 5) is 11.3. The smallest absolute Gasteiger partial charge is 0.271 e. The zero-order chi connectivity index (χ0) is 14.5. The zero-order valence-corrected chi connectivity index (χ0v) is 10.6. The first-order valence-corrected chi connectivity index (χ1v) is 5.81. The van der Waals surface area contributed by atoms with Gasteiger partial charge in [0.1, 0.15) is 11.5 Å². The quantitative estimate of drug-likeness (QED) is 0.616. The van der Waals surface area contributed by atoms with E-state index in [9.17, 15) is 9.18 Å². The maximum absolute atomic E-state index is 13.3. The van der Waals surface area contributed by atoms with E-state index in [0.717, 1.165) is 0 Å². The normalized spacial score (nSPS) is 10.4. The molecule has 0 saturated heterocycles. The number of hydrogen-bond acceptors (Lipinski definition) is 4. The van der Waals surface area contributed by atoms with Crippen LogP contribution in [0.15, 0.2) is 30.9 Å². The van der Waals surface area contributed by atoms with Crippen LogP contribution in [0, 0.1) is 5.82 Å². The second kappa shape index (κ2) is 6.07. The fourth-order valence-corrected chi connectivity index (χ4v) is 1.76. The number of nitrogens with zero attached hydrogens (tertiary/aromatic N) is 2. The predicted octanol–water partition coefficient (Wildman–Crippen LogP) is 1.41. The molecule has 1 heterocycles. The van der Waals surface area contributed by atoms with E-state index in [4.69, 9.17) is 10.5 Å². The van der Waals surface area contributed by atoms with E-state index in [1.807, 2.05) is 0 Å². The summed E-state index contributed by atoms with van der Waals surface area (Å²) < 4.78 is 18.6.